The molecule has 7 heteroatoms. The van der Waals surface area contributed by atoms with Gasteiger partial charge < -0.3 is 4.74 Å². The summed E-state index contributed by atoms with van der Waals surface area (Å²) in [6, 6.07) is 9.36. The molecule has 98 valence electrons. The number of carbonyl (C=O) groups excluding carboxylic acids is 1. The summed E-state index contributed by atoms with van der Waals surface area (Å²) in [5.41, 5.74) is 0.901. The number of benzene rings is 1. The van der Waals surface area contributed by atoms with Crippen molar-refractivity contribution in [2.45, 2.75) is 6.61 Å². The van der Waals surface area contributed by atoms with Gasteiger partial charge in [0.1, 0.15) is 11.2 Å². The van der Waals surface area contributed by atoms with Crippen LogP contribution in [0.4, 0.5) is 10.6 Å². The smallest absolute Gasteiger partial charge is 0.413 e. The van der Waals surface area contributed by atoms with E-state index in [1.165, 1.54) is 6.20 Å². The van der Waals surface area contributed by atoms with E-state index in [-0.39, 0.29) is 17.6 Å². The van der Waals surface area contributed by atoms with Crippen molar-refractivity contribution in [2.24, 2.45) is 0 Å². The molecule has 0 unspecified atom stereocenters. The normalized spacial score (nSPS) is 10.0. The van der Waals surface area contributed by atoms with Crippen LogP contribution in [-0.4, -0.2) is 16.1 Å². The van der Waals surface area contributed by atoms with Crippen LogP contribution in [0.3, 0.4) is 0 Å². The summed E-state index contributed by atoms with van der Waals surface area (Å²) in [5.74, 6) is 0.228. The van der Waals surface area contributed by atoms with Gasteiger partial charge in [-0.3, -0.25) is 5.32 Å². The van der Waals surface area contributed by atoms with Gasteiger partial charge in [-0.25, -0.2) is 14.8 Å². The molecule has 0 aliphatic heterocycles. The molecular formula is C12H9BrClN3O2. The Morgan fingerprint density at radius 3 is 2.79 bits per heavy atom. The fraction of sp³-hybridized carbons (Fsp3) is 0.0833. The summed E-state index contributed by atoms with van der Waals surface area (Å²) in [6.45, 7) is 0.185. The highest BCUT2D eigenvalue weighted by atomic mass is 79.9. The van der Waals surface area contributed by atoms with Crippen LogP contribution in [0, 0.1) is 0 Å². The van der Waals surface area contributed by atoms with Gasteiger partial charge in [0, 0.05) is 0 Å². The Balaban J connectivity index is 1.89. The number of anilines is 1. The SMILES string of the molecule is O=C(Nc1cnc(Br)c(Cl)n1)OCc1ccccc1. The first kappa shape index (κ1) is 13.8. The monoisotopic (exact) mass is 341 g/mol. The first-order chi connectivity index (χ1) is 9.15. The predicted octanol–water partition coefficient (Wildman–Crippen LogP) is 3.64. The highest BCUT2D eigenvalue weighted by Gasteiger charge is 2.07. The van der Waals surface area contributed by atoms with Crippen LogP contribution in [0.2, 0.25) is 5.15 Å². The van der Waals surface area contributed by atoms with E-state index in [4.69, 9.17) is 16.3 Å². The van der Waals surface area contributed by atoms with Crippen molar-refractivity contribution < 1.29 is 9.53 Å². The maximum Gasteiger partial charge on any atom is 0.413 e. The van der Waals surface area contributed by atoms with Crippen LogP contribution in [0.25, 0.3) is 0 Å². The van der Waals surface area contributed by atoms with E-state index in [9.17, 15) is 4.79 Å². The number of hydrogen-bond donors (Lipinski definition) is 1. The second-order valence-electron chi connectivity index (χ2n) is 3.52. The van der Waals surface area contributed by atoms with E-state index in [1.807, 2.05) is 30.3 Å². The maximum atomic E-state index is 11.5. The van der Waals surface area contributed by atoms with E-state index in [0.29, 0.717) is 4.60 Å². The van der Waals surface area contributed by atoms with Gasteiger partial charge >= 0.3 is 6.09 Å². The zero-order valence-corrected chi connectivity index (χ0v) is 12.0. The van der Waals surface area contributed by atoms with Crippen LogP contribution in [0.15, 0.2) is 41.1 Å². The summed E-state index contributed by atoms with van der Waals surface area (Å²) in [7, 11) is 0. The summed E-state index contributed by atoms with van der Waals surface area (Å²) < 4.78 is 5.44. The number of nitrogens with zero attached hydrogens (tertiary/aromatic N) is 2. The lowest BCUT2D eigenvalue weighted by Gasteiger charge is -2.06. The summed E-state index contributed by atoms with van der Waals surface area (Å²) >= 11 is 8.87. The number of amides is 1. The van der Waals surface area contributed by atoms with Crippen molar-refractivity contribution in [3.05, 3.63) is 51.8 Å². The van der Waals surface area contributed by atoms with E-state index < -0.39 is 6.09 Å². The molecule has 1 aromatic carbocycles. The van der Waals surface area contributed by atoms with Crippen molar-refractivity contribution in [2.75, 3.05) is 5.32 Å². The summed E-state index contributed by atoms with van der Waals surface area (Å²) in [5, 5.41) is 2.61. The first-order valence-electron chi connectivity index (χ1n) is 5.31. The van der Waals surface area contributed by atoms with Crippen LogP contribution in [-0.2, 0) is 11.3 Å². The topological polar surface area (TPSA) is 64.1 Å². The van der Waals surface area contributed by atoms with Crippen LogP contribution in [0.5, 0.6) is 0 Å². The van der Waals surface area contributed by atoms with Gasteiger partial charge in [0.05, 0.1) is 6.20 Å². The Morgan fingerprint density at radius 1 is 1.37 bits per heavy atom. The van der Waals surface area contributed by atoms with Gasteiger partial charge in [-0.1, -0.05) is 41.9 Å². The molecule has 0 bridgehead atoms. The van der Waals surface area contributed by atoms with E-state index in [2.05, 4.69) is 31.2 Å². The van der Waals surface area contributed by atoms with Crippen molar-refractivity contribution >= 4 is 39.4 Å². The molecule has 0 aliphatic rings. The fourth-order valence-corrected chi connectivity index (χ4v) is 1.61. The van der Waals surface area contributed by atoms with Crippen LogP contribution >= 0.6 is 27.5 Å². The van der Waals surface area contributed by atoms with Crippen molar-refractivity contribution in [3.63, 3.8) is 0 Å². The number of rotatable bonds is 3. The number of nitrogens with one attached hydrogen (secondary N) is 1. The molecule has 0 saturated heterocycles. The Kier molecular flexibility index (Phi) is 4.70. The van der Waals surface area contributed by atoms with Crippen LogP contribution < -0.4 is 5.32 Å². The standard InChI is InChI=1S/C12H9BrClN3O2/c13-10-11(14)16-9(6-15-10)17-12(18)19-7-8-4-2-1-3-5-8/h1-6H,7H2,(H,16,17,18). The minimum atomic E-state index is -0.614. The molecule has 0 spiro atoms. The van der Waals surface area contributed by atoms with Crippen molar-refractivity contribution in [3.8, 4) is 0 Å². The molecule has 1 aromatic heterocycles. The quantitative estimate of drug-likeness (QED) is 0.925. The van der Waals surface area contributed by atoms with Gasteiger partial charge in [0.2, 0.25) is 0 Å². The third-order valence-corrected chi connectivity index (χ3v) is 3.20. The molecule has 1 amide bonds. The largest absolute Gasteiger partial charge is 0.444 e. The van der Waals surface area contributed by atoms with Gasteiger partial charge in [-0.05, 0) is 21.5 Å². The minimum Gasteiger partial charge on any atom is -0.444 e. The minimum absolute atomic E-state index is 0.167. The molecule has 2 rings (SSSR count). The molecule has 1 N–H and O–H groups in total. The Labute approximate surface area is 123 Å². The van der Waals surface area contributed by atoms with E-state index >= 15 is 0 Å². The number of halogens is 2. The van der Waals surface area contributed by atoms with Gasteiger partial charge in [0.15, 0.2) is 11.0 Å². The van der Waals surface area contributed by atoms with Gasteiger partial charge in [-0.2, -0.15) is 0 Å². The summed E-state index contributed by atoms with van der Waals surface area (Å²) in [4.78, 5) is 19.3. The fourth-order valence-electron chi connectivity index (χ4n) is 1.28. The van der Waals surface area contributed by atoms with Gasteiger partial charge in [-0.15, -0.1) is 0 Å². The van der Waals surface area contributed by atoms with Crippen molar-refractivity contribution in [1.29, 1.82) is 0 Å². The van der Waals surface area contributed by atoms with E-state index in [0.717, 1.165) is 5.56 Å². The van der Waals surface area contributed by atoms with Crippen LogP contribution in [0.1, 0.15) is 5.56 Å². The second kappa shape index (κ2) is 6.49. The molecule has 5 nitrogen and oxygen atoms in total. The molecule has 1 heterocycles. The Hall–Kier alpha value is -1.66. The maximum absolute atomic E-state index is 11.5. The molecule has 0 aliphatic carbocycles. The first-order valence-corrected chi connectivity index (χ1v) is 6.48. The lowest BCUT2D eigenvalue weighted by molar-refractivity contribution is 0.155. The third-order valence-electron chi connectivity index (χ3n) is 2.13. The molecule has 0 saturated carbocycles. The molecule has 0 fully saturated rings. The second-order valence-corrected chi connectivity index (χ2v) is 4.63. The number of ether oxygens (including phenoxy) is 1. The lowest BCUT2D eigenvalue weighted by atomic mass is 10.2. The lowest BCUT2D eigenvalue weighted by Crippen LogP contribution is -2.14. The molecule has 0 radical (unpaired) electrons. The average molecular weight is 343 g/mol. The highest BCUT2D eigenvalue weighted by molar-refractivity contribution is 9.10. The number of carbonyl (C=O) groups is 1. The Morgan fingerprint density at radius 2 is 2.11 bits per heavy atom. The number of hydrogen-bond acceptors (Lipinski definition) is 4. The zero-order valence-electron chi connectivity index (χ0n) is 9.64. The molecular weight excluding hydrogens is 334 g/mol. The molecule has 0 atom stereocenters. The van der Waals surface area contributed by atoms with Gasteiger partial charge in [0.25, 0.3) is 0 Å². The zero-order chi connectivity index (χ0) is 13.7. The third kappa shape index (κ3) is 4.18. The highest BCUT2D eigenvalue weighted by Crippen LogP contribution is 2.18. The molecule has 19 heavy (non-hydrogen) atoms. The van der Waals surface area contributed by atoms with E-state index in [1.54, 1.807) is 0 Å². The summed E-state index contributed by atoms with van der Waals surface area (Å²) in [6.07, 6.45) is 0.760. The Bertz CT molecular complexity index is 580. The van der Waals surface area contributed by atoms with Crippen molar-refractivity contribution in [1.82, 2.24) is 9.97 Å². The number of aromatic nitrogens is 2. The average Bonchev–Trinajstić information content (AvgIpc) is 2.42. The predicted molar refractivity (Wildman–Crippen MR) is 75.0 cm³/mol. The molecule has 2 aromatic rings.